The maximum atomic E-state index is 13.7. The molecule has 5 heteroatoms. The van der Waals surface area contributed by atoms with Gasteiger partial charge in [0.1, 0.15) is 24.2 Å². The van der Waals surface area contributed by atoms with E-state index < -0.39 is 6.04 Å². The van der Waals surface area contributed by atoms with Crippen molar-refractivity contribution in [1.29, 1.82) is 0 Å². The van der Waals surface area contributed by atoms with E-state index in [4.69, 9.17) is 4.74 Å². The van der Waals surface area contributed by atoms with Crippen molar-refractivity contribution in [2.24, 2.45) is 0 Å². The Morgan fingerprint density at radius 3 is 2.82 bits per heavy atom. The molecule has 1 amide bonds. The predicted molar refractivity (Wildman–Crippen MR) is 109 cm³/mol. The van der Waals surface area contributed by atoms with Gasteiger partial charge in [0.25, 0.3) is 0 Å². The number of nitrogens with zero attached hydrogens (tertiary/aromatic N) is 1. The van der Waals surface area contributed by atoms with Crippen molar-refractivity contribution in [2.75, 3.05) is 19.7 Å². The van der Waals surface area contributed by atoms with Crippen LogP contribution in [0.5, 0.6) is 5.75 Å². The second-order valence-electron chi connectivity index (χ2n) is 6.75. The lowest BCUT2D eigenvalue weighted by atomic mass is 10.0. The van der Waals surface area contributed by atoms with Crippen LogP contribution in [0.1, 0.15) is 22.7 Å². The van der Waals surface area contributed by atoms with E-state index in [9.17, 15) is 9.18 Å². The number of hydrogen-bond donors (Lipinski definition) is 1. The highest BCUT2D eigenvalue weighted by Crippen LogP contribution is 2.28. The monoisotopic (exact) mass is 380 g/mol. The van der Waals surface area contributed by atoms with E-state index >= 15 is 0 Å². The molecule has 1 saturated heterocycles. The highest BCUT2D eigenvalue weighted by Gasteiger charge is 2.31. The number of carbonyl (C=O) groups excluding carboxylic acids is 1. The number of halogens is 1. The molecule has 0 aromatic heterocycles. The van der Waals surface area contributed by atoms with Gasteiger partial charge in [0.2, 0.25) is 5.91 Å². The van der Waals surface area contributed by atoms with Crippen LogP contribution < -0.4 is 10.1 Å². The average Bonchev–Trinajstić information content (AvgIpc) is 2.68. The number of allylic oxidation sites excluding steroid dienone is 1. The minimum Gasteiger partial charge on any atom is -0.489 e. The molecule has 2 aromatic carbocycles. The Morgan fingerprint density at radius 1 is 1.21 bits per heavy atom. The van der Waals surface area contributed by atoms with E-state index in [0.29, 0.717) is 38.2 Å². The summed E-state index contributed by atoms with van der Waals surface area (Å²) in [7, 11) is 0. The molecule has 1 atom stereocenters. The highest BCUT2D eigenvalue weighted by atomic mass is 19.1. The zero-order valence-electron chi connectivity index (χ0n) is 15.9. The predicted octanol–water partition coefficient (Wildman–Crippen LogP) is 3.79. The Kier molecular flexibility index (Phi) is 6.61. The summed E-state index contributed by atoms with van der Waals surface area (Å²) in [5.41, 5.74) is 2.77. The van der Waals surface area contributed by atoms with Gasteiger partial charge in [0.05, 0.1) is 0 Å². The van der Waals surface area contributed by atoms with Gasteiger partial charge in [-0.05, 0) is 41.3 Å². The van der Waals surface area contributed by atoms with Crippen molar-refractivity contribution in [2.45, 2.75) is 19.0 Å². The second-order valence-corrected chi connectivity index (χ2v) is 6.75. The largest absolute Gasteiger partial charge is 0.489 e. The van der Waals surface area contributed by atoms with Gasteiger partial charge in [-0.25, -0.2) is 4.39 Å². The number of ether oxygens (including phenoxy) is 1. The van der Waals surface area contributed by atoms with Crippen molar-refractivity contribution in [3.05, 3.63) is 90.3 Å². The van der Waals surface area contributed by atoms with Gasteiger partial charge in [-0.3, -0.25) is 9.69 Å². The Balaban J connectivity index is 1.85. The maximum absolute atomic E-state index is 13.7. The summed E-state index contributed by atoms with van der Waals surface area (Å²) in [5, 5.41) is 2.88. The summed E-state index contributed by atoms with van der Waals surface area (Å²) < 4.78 is 19.4. The third kappa shape index (κ3) is 4.67. The minimum absolute atomic E-state index is 0.103. The minimum atomic E-state index is -0.510. The van der Waals surface area contributed by atoms with Crippen molar-refractivity contribution in [3.8, 4) is 5.75 Å². The quantitative estimate of drug-likeness (QED) is 0.709. The summed E-state index contributed by atoms with van der Waals surface area (Å²) in [6, 6.07) is 11.8. The molecule has 1 unspecified atom stereocenters. The molecule has 2 aromatic rings. The number of piperazine rings is 1. The third-order valence-corrected chi connectivity index (χ3v) is 4.71. The van der Waals surface area contributed by atoms with Crippen molar-refractivity contribution >= 4 is 5.91 Å². The van der Waals surface area contributed by atoms with Gasteiger partial charge >= 0.3 is 0 Å². The highest BCUT2D eigenvalue weighted by molar-refractivity contribution is 5.83. The smallest absolute Gasteiger partial charge is 0.242 e. The van der Waals surface area contributed by atoms with E-state index in [1.54, 1.807) is 18.2 Å². The molecule has 0 radical (unpaired) electrons. The Hall–Kier alpha value is -2.92. The van der Waals surface area contributed by atoms with Crippen molar-refractivity contribution < 1.29 is 13.9 Å². The van der Waals surface area contributed by atoms with Crippen LogP contribution in [0.2, 0.25) is 0 Å². The van der Waals surface area contributed by atoms with Gasteiger partial charge in [-0.1, -0.05) is 43.0 Å². The van der Waals surface area contributed by atoms with Crippen LogP contribution in [0.25, 0.3) is 0 Å². The molecule has 4 nitrogen and oxygen atoms in total. The fourth-order valence-electron chi connectivity index (χ4n) is 3.49. The van der Waals surface area contributed by atoms with Crippen LogP contribution in [0.15, 0.2) is 67.8 Å². The van der Waals surface area contributed by atoms with E-state index in [2.05, 4.69) is 29.4 Å². The SMILES string of the molecule is C=CCOc1ccc(CN2CCNC(=O)C2c2cccc(F)c2)cc1CC=C. The number of benzene rings is 2. The number of carbonyl (C=O) groups is 1. The number of nitrogens with one attached hydrogen (secondary N) is 1. The molecular weight excluding hydrogens is 355 g/mol. The van der Waals surface area contributed by atoms with Crippen LogP contribution in [-0.4, -0.2) is 30.5 Å². The summed E-state index contributed by atoms with van der Waals surface area (Å²) >= 11 is 0. The van der Waals surface area contributed by atoms with Crippen LogP contribution in [0.4, 0.5) is 4.39 Å². The lowest BCUT2D eigenvalue weighted by molar-refractivity contribution is -0.129. The zero-order chi connectivity index (χ0) is 19.9. The Morgan fingerprint density at radius 2 is 2.07 bits per heavy atom. The first kappa shape index (κ1) is 19.8. The Bertz CT molecular complexity index is 865. The van der Waals surface area contributed by atoms with Crippen LogP contribution >= 0.6 is 0 Å². The summed E-state index contributed by atoms with van der Waals surface area (Å²) in [6.07, 6.45) is 4.24. The molecule has 0 bridgehead atoms. The van der Waals surface area contributed by atoms with E-state index in [-0.39, 0.29) is 11.7 Å². The van der Waals surface area contributed by atoms with Gasteiger partial charge in [-0.2, -0.15) is 0 Å². The number of hydrogen-bond acceptors (Lipinski definition) is 3. The molecule has 0 aliphatic carbocycles. The second kappa shape index (κ2) is 9.33. The first-order valence-electron chi connectivity index (χ1n) is 9.36. The normalized spacial score (nSPS) is 17.0. The lowest BCUT2D eigenvalue weighted by Crippen LogP contribution is -2.49. The molecule has 28 heavy (non-hydrogen) atoms. The molecule has 0 spiro atoms. The molecule has 146 valence electrons. The van der Waals surface area contributed by atoms with Gasteiger partial charge in [0, 0.05) is 19.6 Å². The molecule has 1 heterocycles. The van der Waals surface area contributed by atoms with E-state index in [1.165, 1.54) is 12.1 Å². The van der Waals surface area contributed by atoms with Gasteiger partial charge in [-0.15, -0.1) is 6.58 Å². The van der Waals surface area contributed by atoms with Crippen LogP contribution in [0.3, 0.4) is 0 Å². The summed E-state index contributed by atoms with van der Waals surface area (Å²) in [6.45, 7) is 9.79. The lowest BCUT2D eigenvalue weighted by Gasteiger charge is -2.35. The number of amides is 1. The van der Waals surface area contributed by atoms with Crippen molar-refractivity contribution in [3.63, 3.8) is 0 Å². The molecule has 0 saturated carbocycles. The molecule has 1 aliphatic heterocycles. The molecule has 3 rings (SSSR count). The first-order chi connectivity index (χ1) is 13.6. The summed E-state index contributed by atoms with van der Waals surface area (Å²) in [5.74, 6) is 0.364. The molecule has 1 N–H and O–H groups in total. The van der Waals surface area contributed by atoms with Crippen LogP contribution in [-0.2, 0) is 17.8 Å². The first-order valence-corrected chi connectivity index (χ1v) is 9.36. The maximum Gasteiger partial charge on any atom is 0.242 e. The molecular formula is C23H25FN2O2. The third-order valence-electron chi connectivity index (χ3n) is 4.71. The standard InChI is InChI=1S/C23H25FN2O2/c1-3-6-18-14-17(9-10-21(18)28-13-4-2)16-26-12-11-25-23(27)22(26)19-7-5-8-20(24)15-19/h3-5,7-10,14-15,22H,1-2,6,11-13,16H2,(H,25,27). The van der Waals surface area contributed by atoms with Crippen molar-refractivity contribution in [1.82, 2.24) is 10.2 Å². The number of rotatable bonds is 8. The fourth-order valence-corrected chi connectivity index (χ4v) is 3.49. The van der Waals surface area contributed by atoms with Gasteiger partial charge in [0.15, 0.2) is 0 Å². The molecule has 1 fully saturated rings. The van der Waals surface area contributed by atoms with Gasteiger partial charge < -0.3 is 10.1 Å². The van der Waals surface area contributed by atoms with E-state index in [0.717, 1.165) is 16.9 Å². The zero-order valence-corrected chi connectivity index (χ0v) is 15.9. The topological polar surface area (TPSA) is 41.6 Å². The van der Waals surface area contributed by atoms with E-state index in [1.807, 2.05) is 18.2 Å². The molecule has 1 aliphatic rings. The Labute approximate surface area is 165 Å². The summed E-state index contributed by atoms with van der Waals surface area (Å²) in [4.78, 5) is 14.6. The van der Waals surface area contributed by atoms with Crippen LogP contribution in [0, 0.1) is 5.82 Å². The average molecular weight is 380 g/mol. The fraction of sp³-hybridized carbons (Fsp3) is 0.261.